The Kier molecular flexibility index (Phi) is 5.81. The number of hydrogen-bond acceptors (Lipinski definition) is 3. The Morgan fingerprint density at radius 3 is 2.55 bits per heavy atom. The van der Waals surface area contributed by atoms with E-state index >= 15 is 0 Å². The zero-order valence-corrected chi connectivity index (χ0v) is 16.5. The second kappa shape index (κ2) is 8.00. The summed E-state index contributed by atoms with van der Waals surface area (Å²) < 4.78 is 40.7. The third kappa shape index (κ3) is 4.20. The third-order valence-corrected chi connectivity index (χ3v) is 5.75. The van der Waals surface area contributed by atoms with E-state index in [1.54, 1.807) is 25.1 Å². The minimum Gasteiger partial charge on any atom is -0.480 e. The maximum atomic E-state index is 12.9. The van der Waals surface area contributed by atoms with Crippen LogP contribution in [0.5, 0.6) is 0 Å². The predicted octanol–water partition coefficient (Wildman–Crippen LogP) is 5.15. The van der Waals surface area contributed by atoms with Crippen LogP contribution in [0.25, 0.3) is 10.2 Å². The van der Waals surface area contributed by atoms with E-state index in [1.807, 2.05) is 0 Å². The molecule has 0 aliphatic heterocycles. The van der Waals surface area contributed by atoms with Gasteiger partial charge in [0.05, 0.1) is 20.8 Å². The van der Waals surface area contributed by atoms with Crippen molar-refractivity contribution in [3.63, 3.8) is 0 Å². The summed E-state index contributed by atoms with van der Waals surface area (Å²) in [6.07, 6.45) is -4.39. The SMILES string of the molecule is CCC(C(=O)O)n1/c(=N/C(=O)c2cccc(C(F)(F)F)c2)sc2c(Cl)cccc21. The third-order valence-electron chi connectivity index (χ3n) is 4.22. The monoisotopic (exact) mass is 442 g/mol. The average Bonchev–Trinajstić information content (AvgIpc) is 3.01. The zero-order chi connectivity index (χ0) is 21.3. The van der Waals surface area contributed by atoms with Crippen molar-refractivity contribution in [1.82, 2.24) is 4.57 Å². The van der Waals surface area contributed by atoms with E-state index in [0.29, 0.717) is 21.3 Å². The summed E-state index contributed by atoms with van der Waals surface area (Å²) in [6.45, 7) is 1.66. The summed E-state index contributed by atoms with van der Waals surface area (Å²) in [4.78, 5) is 28.3. The Bertz CT molecular complexity index is 1170. The molecular formula is C19H14ClF3N2O3S. The van der Waals surface area contributed by atoms with Gasteiger partial charge in [0.2, 0.25) is 0 Å². The highest BCUT2D eigenvalue weighted by molar-refractivity contribution is 7.17. The molecule has 0 radical (unpaired) electrons. The van der Waals surface area contributed by atoms with Crippen LogP contribution in [0.1, 0.15) is 35.3 Å². The number of alkyl halides is 3. The molecule has 0 aliphatic rings. The molecule has 1 atom stereocenters. The molecule has 29 heavy (non-hydrogen) atoms. The lowest BCUT2D eigenvalue weighted by Gasteiger charge is -2.13. The number of thiazole rings is 1. The molecule has 10 heteroatoms. The number of carbonyl (C=O) groups is 2. The van der Waals surface area contributed by atoms with E-state index in [0.717, 1.165) is 23.5 Å². The Morgan fingerprint density at radius 1 is 1.24 bits per heavy atom. The van der Waals surface area contributed by atoms with Gasteiger partial charge in [-0.2, -0.15) is 18.2 Å². The first kappa shape index (κ1) is 21.1. The van der Waals surface area contributed by atoms with Crippen molar-refractivity contribution < 1.29 is 27.9 Å². The molecule has 0 aliphatic carbocycles. The molecule has 0 saturated carbocycles. The first-order chi connectivity index (χ1) is 13.6. The van der Waals surface area contributed by atoms with Crippen LogP contribution in [-0.2, 0) is 11.0 Å². The molecule has 1 amide bonds. The van der Waals surface area contributed by atoms with Crippen molar-refractivity contribution in [2.45, 2.75) is 25.6 Å². The summed E-state index contributed by atoms with van der Waals surface area (Å²) in [5.74, 6) is -2.03. The molecule has 0 saturated heterocycles. The number of benzene rings is 2. The van der Waals surface area contributed by atoms with E-state index < -0.39 is 29.7 Å². The highest BCUT2D eigenvalue weighted by Gasteiger charge is 2.31. The van der Waals surface area contributed by atoms with Crippen LogP contribution in [0, 0.1) is 0 Å². The van der Waals surface area contributed by atoms with Crippen molar-refractivity contribution >= 4 is 45.0 Å². The quantitative estimate of drug-likeness (QED) is 0.607. The first-order valence-electron chi connectivity index (χ1n) is 8.42. The van der Waals surface area contributed by atoms with E-state index in [-0.39, 0.29) is 16.8 Å². The number of aliphatic carboxylic acids is 1. The molecule has 0 spiro atoms. The summed E-state index contributed by atoms with van der Waals surface area (Å²) >= 11 is 7.19. The van der Waals surface area contributed by atoms with Crippen LogP contribution in [0.3, 0.4) is 0 Å². The van der Waals surface area contributed by atoms with Crippen LogP contribution in [0.2, 0.25) is 5.02 Å². The van der Waals surface area contributed by atoms with Gasteiger partial charge in [0.1, 0.15) is 6.04 Å². The van der Waals surface area contributed by atoms with Crippen molar-refractivity contribution in [2.75, 3.05) is 0 Å². The number of rotatable bonds is 4. The number of carboxylic acids is 1. The Labute approximate surface area is 171 Å². The fraction of sp³-hybridized carbons (Fsp3) is 0.211. The number of halogens is 4. The minimum atomic E-state index is -4.60. The van der Waals surface area contributed by atoms with Gasteiger partial charge in [-0.25, -0.2) is 4.79 Å². The fourth-order valence-corrected chi connectivity index (χ4v) is 4.21. The fourth-order valence-electron chi connectivity index (χ4n) is 2.86. The van der Waals surface area contributed by atoms with Gasteiger partial charge in [-0.3, -0.25) is 4.79 Å². The minimum absolute atomic E-state index is 0.0461. The molecule has 1 unspecified atom stereocenters. The number of carboxylic acid groups (broad SMARTS) is 1. The normalized spacial score (nSPS) is 13.6. The van der Waals surface area contributed by atoms with Gasteiger partial charge in [-0.05, 0) is 36.8 Å². The molecule has 2 aromatic carbocycles. The Balaban J connectivity index is 2.21. The van der Waals surface area contributed by atoms with Crippen LogP contribution in [-0.4, -0.2) is 21.6 Å². The molecule has 0 fully saturated rings. The van der Waals surface area contributed by atoms with Gasteiger partial charge in [0.25, 0.3) is 5.91 Å². The standard InChI is InChI=1S/C19H14ClF3N2O3S/c1-2-13(17(27)28)25-14-8-4-7-12(20)15(14)29-18(25)24-16(26)10-5-3-6-11(9-10)19(21,22)23/h3-9,13H,2H2,1H3,(H,27,28)/b24-18-. The lowest BCUT2D eigenvalue weighted by molar-refractivity contribution is -0.141. The van der Waals surface area contributed by atoms with Crippen molar-refractivity contribution in [2.24, 2.45) is 4.99 Å². The van der Waals surface area contributed by atoms with E-state index in [9.17, 15) is 27.9 Å². The number of nitrogens with zero attached hydrogens (tertiary/aromatic N) is 2. The number of carbonyl (C=O) groups excluding carboxylic acids is 1. The molecule has 1 aromatic heterocycles. The second-order valence-electron chi connectivity index (χ2n) is 6.10. The lowest BCUT2D eigenvalue weighted by atomic mass is 10.1. The highest BCUT2D eigenvalue weighted by atomic mass is 35.5. The maximum Gasteiger partial charge on any atom is 0.416 e. The average molecular weight is 443 g/mol. The number of hydrogen-bond donors (Lipinski definition) is 1. The van der Waals surface area contributed by atoms with Gasteiger partial charge in [-0.1, -0.05) is 42.0 Å². The number of aromatic nitrogens is 1. The zero-order valence-electron chi connectivity index (χ0n) is 14.9. The van der Waals surface area contributed by atoms with E-state index in [2.05, 4.69) is 4.99 Å². The maximum absolute atomic E-state index is 12.9. The predicted molar refractivity (Wildman–Crippen MR) is 103 cm³/mol. The van der Waals surface area contributed by atoms with Gasteiger partial charge < -0.3 is 9.67 Å². The number of amides is 1. The molecule has 3 aromatic rings. The first-order valence-corrected chi connectivity index (χ1v) is 9.61. The summed E-state index contributed by atoms with van der Waals surface area (Å²) in [7, 11) is 0. The van der Waals surface area contributed by atoms with Crippen LogP contribution in [0.15, 0.2) is 47.5 Å². The molecule has 152 valence electrons. The summed E-state index contributed by atoms with van der Waals surface area (Å²) in [5.41, 5.74) is -0.742. The van der Waals surface area contributed by atoms with Crippen molar-refractivity contribution in [1.29, 1.82) is 0 Å². The molecular weight excluding hydrogens is 429 g/mol. The van der Waals surface area contributed by atoms with Gasteiger partial charge >= 0.3 is 12.1 Å². The Hall–Kier alpha value is -2.65. The second-order valence-corrected chi connectivity index (χ2v) is 7.49. The molecule has 1 heterocycles. The topological polar surface area (TPSA) is 71.7 Å². The number of fused-ring (bicyclic) bond motifs is 1. The lowest BCUT2D eigenvalue weighted by Crippen LogP contribution is -2.27. The largest absolute Gasteiger partial charge is 0.480 e. The van der Waals surface area contributed by atoms with Crippen LogP contribution >= 0.6 is 22.9 Å². The highest BCUT2D eigenvalue weighted by Crippen LogP contribution is 2.30. The summed E-state index contributed by atoms with van der Waals surface area (Å²) in [6, 6.07) is 7.80. The van der Waals surface area contributed by atoms with Gasteiger partial charge in [-0.15, -0.1) is 0 Å². The van der Waals surface area contributed by atoms with Crippen LogP contribution < -0.4 is 4.80 Å². The summed E-state index contributed by atoms with van der Waals surface area (Å²) in [5, 5.41) is 9.93. The van der Waals surface area contributed by atoms with E-state index in [1.165, 1.54) is 10.6 Å². The smallest absolute Gasteiger partial charge is 0.416 e. The van der Waals surface area contributed by atoms with Crippen LogP contribution in [0.4, 0.5) is 13.2 Å². The molecule has 3 rings (SSSR count). The molecule has 1 N–H and O–H groups in total. The molecule has 0 bridgehead atoms. The van der Waals surface area contributed by atoms with Crippen molar-refractivity contribution in [3.05, 3.63) is 63.4 Å². The van der Waals surface area contributed by atoms with Gasteiger partial charge in [0, 0.05) is 5.56 Å². The van der Waals surface area contributed by atoms with Gasteiger partial charge in [0.15, 0.2) is 4.80 Å². The Morgan fingerprint density at radius 2 is 1.93 bits per heavy atom. The van der Waals surface area contributed by atoms with E-state index in [4.69, 9.17) is 11.6 Å². The van der Waals surface area contributed by atoms with Crippen molar-refractivity contribution in [3.8, 4) is 0 Å². The molecule has 5 nitrogen and oxygen atoms in total.